The van der Waals surface area contributed by atoms with Crippen molar-refractivity contribution in [2.45, 2.75) is 32.2 Å². The van der Waals surface area contributed by atoms with Gasteiger partial charge in [-0.1, -0.05) is 25.1 Å². The minimum atomic E-state index is -2.51. The van der Waals surface area contributed by atoms with Crippen molar-refractivity contribution in [2.24, 2.45) is 5.92 Å². The molecule has 1 aliphatic rings. The predicted molar refractivity (Wildman–Crippen MR) is 75.5 cm³/mol. The summed E-state index contributed by atoms with van der Waals surface area (Å²) in [7, 11) is 0. The summed E-state index contributed by atoms with van der Waals surface area (Å²) in [6, 6.07) is 7.93. The van der Waals surface area contributed by atoms with Gasteiger partial charge in [0, 0.05) is 18.1 Å². The average molecular weight is 310 g/mol. The Morgan fingerprint density at radius 3 is 2.41 bits per heavy atom. The van der Waals surface area contributed by atoms with E-state index in [1.807, 2.05) is 0 Å². The lowest BCUT2D eigenvalue weighted by Crippen LogP contribution is -2.22. The van der Waals surface area contributed by atoms with E-state index < -0.39 is 11.5 Å². The van der Waals surface area contributed by atoms with Gasteiger partial charge < -0.3 is 0 Å². The Morgan fingerprint density at radius 1 is 1.32 bits per heavy atom. The van der Waals surface area contributed by atoms with Gasteiger partial charge in [-0.15, -0.1) is 10.2 Å². The second-order valence-electron chi connectivity index (χ2n) is 5.24. The van der Waals surface area contributed by atoms with Gasteiger partial charge in [0.2, 0.25) is 0 Å². The molecule has 6 nitrogen and oxygen atoms in total. The van der Waals surface area contributed by atoms with E-state index in [0.717, 1.165) is 23.7 Å². The highest BCUT2D eigenvalue weighted by molar-refractivity contribution is 5.27. The maximum atomic E-state index is 12.4. The van der Waals surface area contributed by atoms with E-state index in [1.165, 1.54) is 12.1 Å². The van der Waals surface area contributed by atoms with E-state index in [-0.39, 0.29) is 11.6 Å². The maximum Gasteiger partial charge on any atom is 0.321 e. The molecule has 0 unspecified atom stereocenters. The number of nitro groups is 1. The number of non-ortho nitro benzene ring substituents is 1. The quantitative estimate of drug-likeness (QED) is 0.638. The largest absolute Gasteiger partial charge is 0.321 e. The van der Waals surface area contributed by atoms with E-state index in [2.05, 4.69) is 17.1 Å². The van der Waals surface area contributed by atoms with Crippen LogP contribution in [0.2, 0.25) is 0 Å². The molecule has 118 valence electrons. The van der Waals surface area contributed by atoms with Gasteiger partial charge in [-0.2, -0.15) is 8.78 Å². The smallest absolute Gasteiger partial charge is 0.259 e. The number of alkyl halides is 2. The molecule has 0 aliphatic heterocycles. The third kappa shape index (κ3) is 3.84. The second kappa shape index (κ2) is 7.06. The van der Waals surface area contributed by atoms with Gasteiger partial charge in [0.15, 0.2) is 0 Å². The van der Waals surface area contributed by atoms with E-state index >= 15 is 0 Å². The fraction of sp³-hybridized carbons (Fsp3) is 0.429. The predicted octanol–water partition coefficient (Wildman–Crippen LogP) is 3.78. The van der Waals surface area contributed by atoms with Crippen LogP contribution in [-0.2, 0) is 0 Å². The minimum absolute atomic E-state index is 0.137. The molecular formula is C14H16F2N4O2. The van der Waals surface area contributed by atoms with Crippen LogP contribution >= 0.6 is 0 Å². The minimum Gasteiger partial charge on any atom is -0.259 e. The first-order chi connectivity index (χ1) is 10.5. The molecule has 1 aromatic carbocycles. The molecule has 0 atom stereocenters. The second-order valence-corrected chi connectivity index (χ2v) is 5.24. The topological polar surface area (TPSA) is 73.8 Å². The molecule has 2 aromatic rings. The van der Waals surface area contributed by atoms with E-state index in [4.69, 9.17) is 0 Å². The molecule has 0 amide bonds. The van der Waals surface area contributed by atoms with Crippen molar-refractivity contribution >= 4 is 5.69 Å². The lowest BCUT2D eigenvalue weighted by Gasteiger charge is -2.31. The number of halogens is 2. The van der Waals surface area contributed by atoms with Crippen molar-refractivity contribution in [3.8, 4) is 0 Å². The van der Waals surface area contributed by atoms with Gasteiger partial charge in [0.25, 0.3) is 5.69 Å². The molecule has 1 aliphatic carbocycles. The molecule has 0 radical (unpaired) electrons. The number of aromatic nitrogens is 3. The van der Waals surface area contributed by atoms with Crippen molar-refractivity contribution in [3.63, 3.8) is 0 Å². The summed E-state index contributed by atoms with van der Waals surface area (Å²) < 4.78 is 25.6. The lowest BCUT2D eigenvalue weighted by molar-refractivity contribution is -0.384. The molecule has 22 heavy (non-hydrogen) atoms. The third-order valence-corrected chi connectivity index (χ3v) is 3.52. The van der Waals surface area contributed by atoms with Crippen molar-refractivity contribution < 1.29 is 13.7 Å². The van der Waals surface area contributed by atoms with Gasteiger partial charge in [-0.25, -0.2) is 0 Å². The van der Waals surface area contributed by atoms with Crippen LogP contribution in [0.5, 0.6) is 0 Å². The molecule has 3 rings (SSSR count). The standard InChI is InChI=1S/C8H11F2N3.C6H5NO2/c1-5-2-6(3-5)7-12-11-4-13(7)8(9)10;8-7(9)6-4-2-1-3-5-6/h4-6,8H,2-3H2,1H3;1-5H. The van der Waals surface area contributed by atoms with Gasteiger partial charge >= 0.3 is 6.55 Å². The molecule has 1 heterocycles. The Balaban J connectivity index is 0.000000172. The van der Waals surface area contributed by atoms with E-state index in [1.54, 1.807) is 18.2 Å². The Kier molecular flexibility index (Phi) is 5.13. The number of benzene rings is 1. The SMILES string of the molecule is CC1CC(c2nncn2C(F)F)C1.O=[N+]([O-])c1ccccc1. The molecule has 0 N–H and O–H groups in total. The van der Waals surface area contributed by atoms with Gasteiger partial charge in [0.05, 0.1) is 4.92 Å². The van der Waals surface area contributed by atoms with Crippen molar-refractivity contribution in [3.05, 3.63) is 52.6 Å². The molecular weight excluding hydrogens is 294 g/mol. The fourth-order valence-electron chi connectivity index (χ4n) is 2.36. The summed E-state index contributed by atoms with van der Waals surface area (Å²) in [4.78, 5) is 9.59. The highest BCUT2D eigenvalue weighted by Gasteiger charge is 2.31. The molecule has 1 aromatic heterocycles. The molecule has 1 saturated carbocycles. The number of nitrogens with zero attached hydrogens (tertiary/aromatic N) is 4. The lowest BCUT2D eigenvalue weighted by atomic mass is 9.76. The van der Waals surface area contributed by atoms with Crippen molar-refractivity contribution in [2.75, 3.05) is 0 Å². The van der Waals surface area contributed by atoms with Crippen LogP contribution in [0.4, 0.5) is 14.5 Å². The van der Waals surface area contributed by atoms with Crippen molar-refractivity contribution in [1.82, 2.24) is 14.8 Å². The summed E-state index contributed by atoms with van der Waals surface area (Å²) in [5.74, 6) is 1.26. The van der Waals surface area contributed by atoms with Crippen LogP contribution in [0.1, 0.15) is 38.1 Å². The Labute approximate surface area is 125 Å². The van der Waals surface area contributed by atoms with Crippen LogP contribution in [0.3, 0.4) is 0 Å². The first-order valence-corrected chi connectivity index (χ1v) is 6.86. The van der Waals surface area contributed by atoms with Gasteiger partial charge in [-0.05, 0) is 18.8 Å². The zero-order chi connectivity index (χ0) is 16.1. The molecule has 8 heteroatoms. The molecule has 0 bridgehead atoms. The molecule has 1 fully saturated rings. The third-order valence-electron chi connectivity index (χ3n) is 3.52. The number of hydrogen-bond donors (Lipinski definition) is 0. The van der Waals surface area contributed by atoms with Crippen molar-refractivity contribution in [1.29, 1.82) is 0 Å². The monoisotopic (exact) mass is 310 g/mol. The van der Waals surface area contributed by atoms with Crippen LogP contribution in [0, 0.1) is 16.0 Å². The van der Waals surface area contributed by atoms with Crippen LogP contribution in [-0.4, -0.2) is 19.7 Å². The van der Waals surface area contributed by atoms with E-state index in [9.17, 15) is 18.9 Å². The number of hydrogen-bond acceptors (Lipinski definition) is 4. The summed E-state index contributed by atoms with van der Waals surface area (Å²) in [6.45, 7) is -0.402. The van der Waals surface area contributed by atoms with Gasteiger partial charge in [-0.3, -0.25) is 14.7 Å². The summed E-state index contributed by atoms with van der Waals surface area (Å²) in [6.07, 6.45) is 3.00. The first-order valence-electron chi connectivity index (χ1n) is 6.86. The van der Waals surface area contributed by atoms with Gasteiger partial charge in [0.1, 0.15) is 12.2 Å². The van der Waals surface area contributed by atoms with Crippen LogP contribution in [0.25, 0.3) is 0 Å². The highest BCUT2D eigenvalue weighted by atomic mass is 19.3. The summed E-state index contributed by atoms with van der Waals surface area (Å²) in [5, 5.41) is 17.2. The average Bonchev–Trinajstić information content (AvgIpc) is 2.94. The normalized spacial score (nSPS) is 20.0. The number of rotatable bonds is 3. The fourth-order valence-corrected chi connectivity index (χ4v) is 2.36. The maximum absolute atomic E-state index is 12.4. The summed E-state index contributed by atoms with van der Waals surface area (Å²) in [5.41, 5.74) is 0.137. The number of para-hydroxylation sites is 1. The van der Waals surface area contributed by atoms with Crippen LogP contribution in [0.15, 0.2) is 36.7 Å². The molecule has 0 saturated heterocycles. The Bertz CT molecular complexity index is 612. The Hall–Kier alpha value is -2.38. The van der Waals surface area contributed by atoms with E-state index in [0.29, 0.717) is 11.7 Å². The number of nitro benzene ring substituents is 1. The first kappa shape index (κ1) is 16.0. The highest BCUT2D eigenvalue weighted by Crippen LogP contribution is 2.40. The molecule has 0 spiro atoms. The van der Waals surface area contributed by atoms with Crippen LogP contribution < -0.4 is 0 Å². The zero-order valence-corrected chi connectivity index (χ0v) is 12.0. The Morgan fingerprint density at radius 2 is 1.95 bits per heavy atom. The summed E-state index contributed by atoms with van der Waals surface area (Å²) >= 11 is 0. The zero-order valence-electron chi connectivity index (χ0n) is 12.0.